The molecule has 8 nitrogen and oxygen atoms in total. The van der Waals surface area contributed by atoms with E-state index in [2.05, 4.69) is 15.1 Å². The number of piperidine rings is 1. The highest BCUT2D eigenvalue weighted by molar-refractivity contribution is 5.80. The minimum Gasteiger partial charge on any atom is -0.350 e. The predicted octanol–water partition coefficient (Wildman–Crippen LogP) is 1.65. The molecule has 5 rings (SSSR count). The van der Waals surface area contributed by atoms with Gasteiger partial charge in [0.1, 0.15) is 0 Å². The SMILES string of the molecule is CCn1c(=O)c2ccccc2n2c(CN3CCC(C4OCCO4)CC3)nnc12. The number of aryl methyl sites for hydroxylation is 1. The van der Waals surface area contributed by atoms with Crippen LogP contribution in [-0.2, 0) is 22.6 Å². The van der Waals surface area contributed by atoms with Crippen molar-refractivity contribution >= 4 is 16.7 Å². The lowest BCUT2D eigenvalue weighted by molar-refractivity contribution is -0.0978. The van der Waals surface area contributed by atoms with Crippen LogP contribution in [-0.4, -0.2) is 56.7 Å². The fourth-order valence-corrected chi connectivity index (χ4v) is 4.43. The zero-order valence-corrected chi connectivity index (χ0v) is 16.1. The van der Waals surface area contributed by atoms with Crippen LogP contribution in [0, 0.1) is 5.92 Å². The molecule has 4 heterocycles. The number of hydrogen-bond donors (Lipinski definition) is 0. The predicted molar refractivity (Wildman–Crippen MR) is 104 cm³/mol. The summed E-state index contributed by atoms with van der Waals surface area (Å²) in [6.45, 7) is 6.63. The number of likely N-dealkylation sites (tertiary alicyclic amines) is 1. The van der Waals surface area contributed by atoms with Crippen molar-refractivity contribution in [2.45, 2.75) is 39.1 Å². The third-order valence-corrected chi connectivity index (χ3v) is 5.92. The van der Waals surface area contributed by atoms with Crippen LogP contribution in [0.25, 0.3) is 16.7 Å². The Morgan fingerprint density at radius 1 is 1.11 bits per heavy atom. The standard InChI is InChI=1S/C20H25N5O3/c1-2-24-18(26)15-5-3-4-6-16(15)25-17(21-22-20(24)25)13-23-9-7-14(8-10-23)19-27-11-12-28-19/h3-6,14,19H,2,7-13H2,1H3. The third kappa shape index (κ3) is 2.92. The van der Waals surface area contributed by atoms with E-state index in [1.54, 1.807) is 4.57 Å². The lowest BCUT2D eigenvalue weighted by atomic mass is 9.96. The first-order valence-electron chi connectivity index (χ1n) is 10.1. The van der Waals surface area contributed by atoms with Gasteiger partial charge in [0.25, 0.3) is 5.56 Å². The van der Waals surface area contributed by atoms with Crippen LogP contribution >= 0.6 is 0 Å². The molecule has 0 saturated carbocycles. The van der Waals surface area contributed by atoms with Crippen molar-refractivity contribution in [1.82, 2.24) is 24.1 Å². The number of para-hydroxylation sites is 1. The summed E-state index contributed by atoms with van der Waals surface area (Å²) in [5.74, 6) is 1.96. The van der Waals surface area contributed by atoms with E-state index in [1.807, 2.05) is 35.6 Å². The van der Waals surface area contributed by atoms with Crippen LogP contribution in [0.2, 0.25) is 0 Å². The molecule has 2 aliphatic rings. The highest BCUT2D eigenvalue weighted by atomic mass is 16.7. The van der Waals surface area contributed by atoms with Crippen molar-refractivity contribution < 1.29 is 9.47 Å². The molecule has 0 atom stereocenters. The molecule has 0 N–H and O–H groups in total. The van der Waals surface area contributed by atoms with E-state index in [9.17, 15) is 4.79 Å². The number of nitrogens with zero attached hydrogens (tertiary/aromatic N) is 5. The molecule has 2 saturated heterocycles. The van der Waals surface area contributed by atoms with Crippen LogP contribution in [0.1, 0.15) is 25.6 Å². The molecule has 0 bridgehead atoms. The van der Waals surface area contributed by atoms with Crippen molar-refractivity contribution in [3.05, 3.63) is 40.4 Å². The molecule has 3 aromatic rings. The van der Waals surface area contributed by atoms with Crippen molar-refractivity contribution in [3.63, 3.8) is 0 Å². The molecule has 2 fully saturated rings. The second-order valence-corrected chi connectivity index (χ2v) is 7.54. The number of aromatic nitrogens is 4. The molecule has 0 unspecified atom stereocenters. The third-order valence-electron chi connectivity index (χ3n) is 5.92. The van der Waals surface area contributed by atoms with Gasteiger partial charge in [0.05, 0.1) is 30.7 Å². The zero-order chi connectivity index (χ0) is 19.1. The van der Waals surface area contributed by atoms with Gasteiger partial charge in [-0.25, -0.2) is 0 Å². The average molecular weight is 383 g/mol. The maximum Gasteiger partial charge on any atom is 0.262 e. The fraction of sp³-hybridized carbons (Fsp3) is 0.550. The van der Waals surface area contributed by atoms with Crippen molar-refractivity contribution in [2.24, 2.45) is 5.92 Å². The van der Waals surface area contributed by atoms with Gasteiger partial charge in [-0.3, -0.25) is 18.7 Å². The van der Waals surface area contributed by atoms with E-state index >= 15 is 0 Å². The largest absolute Gasteiger partial charge is 0.350 e. The van der Waals surface area contributed by atoms with Gasteiger partial charge in [0.15, 0.2) is 12.1 Å². The molecule has 0 radical (unpaired) electrons. The summed E-state index contributed by atoms with van der Waals surface area (Å²) in [6.07, 6.45) is 2.09. The highest BCUT2D eigenvalue weighted by Crippen LogP contribution is 2.26. The highest BCUT2D eigenvalue weighted by Gasteiger charge is 2.31. The summed E-state index contributed by atoms with van der Waals surface area (Å²) in [6, 6.07) is 7.70. The Morgan fingerprint density at radius 2 is 1.86 bits per heavy atom. The number of hydrogen-bond acceptors (Lipinski definition) is 6. The lowest BCUT2D eigenvalue weighted by Crippen LogP contribution is -2.38. The number of benzene rings is 1. The summed E-state index contributed by atoms with van der Waals surface area (Å²) >= 11 is 0. The number of fused-ring (bicyclic) bond motifs is 3. The van der Waals surface area contributed by atoms with Crippen LogP contribution in [0.4, 0.5) is 0 Å². The van der Waals surface area contributed by atoms with Gasteiger partial charge < -0.3 is 9.47 Å². The Morgan fingerprint density at radius 3 is 2.61 bits per heavy atom. The molecule has 148 valence electrons. The van der Waals surface area contributed by atoms with Gasteiger partial charge >= 0.3 is 0 Å². The molecule has 0 aliphatic carbocycles. The molecular weight excluding hydrogens is 358 g/mol. The maximum atomic E-state index is 12.8. The van der Waals surface area contributed by atoms with E-state index < -0.39 is 0 Å². The van der Waals surface area contributed by atoms with Crippen LogP contribution in [0.15, 0.2) is 29.1 Å². The monoisotopic (exact) mass is 383 g/mol. The normalized spacial score (nSPS) is 19.9. The second-order valence-electron chi connectivity index (χ2n) is 7.54. The van der Waals surface area contributed by atoms with Gasteiger partial charge in [-0.05, 0) is 45.0 Å². The van der Waals surface area contributed by atoms with Crippen molar-refractivity contribution in [2.75, 3.05) is 26.3 Å². The Labute approximate surface area is 162 Å². The van der Waals surface area contributed by atoms with E-state index in [1.165, 1.54) is 0 Å². The molecule has 2 aromatic heterocycles. The Kier molecular flexibility index (Phi) is 4.62. The van der Waals surface area contributed by atoms with Gasteiger partial charge in [-0.1, -0.05) is 12.1 Å². The molecule has 28 heavy (non-hydrogen) atoms. The summed E-state index contributed by atoms with van der Waals surface area (Å²) in [4.78, 5) is 15.2. The van der Waals surface area contributed by atoms with Crippen molar-refractivity contribution in [1.29, 1.82) is 0 Å². The molecule has 8 heteroatoms. The number of ether oxygens (including phenoxy) is 2. The second kappa shape index (κ2) is 7.27. The van der Waals surface area contributed by atoms with E-state index in [-0.39, 0.29) is 11.8 Å². The summed E-state index contributed by atoms with van der Waals surface area (Å²) in [7, 11) is 0. The van der Waals surface area contributed by atoms with Crippen LogP contribution in [0.3, 0.4) is 0 Å². The topological polar surface area (TPSA) is 73.9 Å². The van der Waals surface area contributed by atoms with Gasteiger partial charge in [-0.2, -0.15) is 0 Å². The average Bonchev–Trinajstić information content (AvgIpc) is 3.40. The Bertz CT molecular complexity index is 1050. The molecule has 0 amide bonds. The fourth-order valence-electron chi connectivity index (χ4n) is 4.43. The molecule has 2 aliphatic heterocycles. The van der Waals surface area contributed by atoms with E-state index in [4.69, 9.17) is 9.47 Å². The summed E-state index contributed by atoms with van der Waals surface area (Å²) in [5.41, 5.74) is 0.858. The first-order valence-corrected chi connectivity index (χ1v) is 10.1. The maximum absolute atomic E-state index is 12.8. The summed E-state index contributed by atoms with van der Waals surface area (Å²) in [5, 5.41) is 9.50. The van der Waals surface area contributed by atoms with Gasteiger partial charge in [0.2, 0.25) is 5.78 Å². The van der Waals surface area contributed by atoms with Crippen LogP contribution in [0.5, 0.6) is 0 Å². The zero-order valence-electron chi connectivity index (χ0n) is 16.1. The first kappa shape index (κ1) is 17.8. The minimum absolute atomic E-state index is 0.0121. The minimum atomic E-state index is -0.0287. The lowest BCUT2D eigenvalue weighted by Gasteiger charge is -2.33. The molecule has 1 aromatic carbocycles. The molecule has 0 spiro atoms. The van der Waals surface area contributed by atoms with Gasteiger partial charge in [-0.15, -0.1) is 10.2 Å². The van der Waals surface area contributed by atoms with Crippen LogP contribution < -0.4 is 5.56 Å². The summed E-state index contributed by atoms with van der Waals surface area (Å²) < 4.78 is 15.1. The van der Waals surface area contributed by atoms with E-state index in [0.717, 1.165) is 37.3 Å². The number of rotatable bonds is 4. The van der Waals surface area contributed by atoms with Crippen molar-refractivity contribution in [3.8, 4) is 0 Å². The Hall–Kier alpha value is -2.29. The van der Waals surface area contributed by atoms with Gasteiger partial charge in [0, 0.05) is 12.5 Å². The first-order chi connectivity index (χ1) is 13.8. The quantitative estimate of drug-likeness (QED) is 0.682. The smallest absolute Gasteiger partial charge is 0.262 e. The molecular formula is C20H25N5O3. The van der Waals surface area contributed by atoms with E-state index in [0.29, 0.717) is 43.4 Å². The Balaban J connectivity index is 1.44.